The number of carbonyl (C=O) groups is 2. The Bertz CT molecular complexity index is 428. The van der Waals surface area contributed by atoms with E-state index in [2.05, 4.69) is 10.6 Å². The molecule has 6 heteroatoms. The van der Waals surface area contributed by atoms with Gasteiger partial charge in [-0.3, -0.25) is 9.59 Å². The molecule has 3 fully saturated rings. The summed E-state index contributed by atoms with van der Waals surface area (Å²) < 4.78 is 0. The largest absolute Gasteiger partial charge is 0.391 e. The molecule has 0 aromatic carbocycles. The van der Waals surface area contributed by atoms with Crippen LogP contribution in [0.4, 0.5) is 0 Å². The zero-order valence-corrected chi connectivity index (χ0v) is 12.6. The van der Waals surface area contributed by atoms with E-state index in [9.17, 15) is 14.7 Å². The number of hydrogen-bond acceptors (Lipinski definition) is 4. The standard InChI is InChI=1S/C15H25N3O3/c1-10(19)12(13(20)16-8-11-4-2-5-11)18-9-15(14(18)21)6-3-7-17-15/h10-12,17,19H,2-9H2,1H3,(H,16,20)/t10-,12+,15?/m1/s1. The number of aliphatic hydroxyl groups is 1. The molecule has 2 saturated heterocycles. The average Bonchev–Trinajstić information content (AvgIpc) is 2.87. The summed E-state index contributed by atoms with van der Waals surface area (Å²) in [4.78, 5) is 26.3. The van der Waals surface area contributed by atoms with Crippen molar-refractivity contribution < 1.29 is 14.7 Å². The van der Waals surface area contributed by atoms with Gasteiger partial charge < -0.3 is 20.6 Å². The minimum absolute atomic E-state index is 0.0373. The number of hydrogen-bond donors (Lipinski definition) is 3. The molecule has 1 aliphatic carbocycles. The zero-order valence-electron chi connectivity index (χ0n) is 12.6. The van der Waals surface area contributed by atoms with E-state index in [-0.39, 0.29) is 11.8 Å². The van der Waals surface area contributed by atoms with Gasteiger partial charge in [0.15, 0.2) is 0 Å². The Morgan fingerprint density at radius 3 is 2.76 bits per heavy atom. The van der Waals surface area contributed by atoms with Crippen molar-refractivity contribution in [3.05, 3.63) is 0 Å². The molecular formula is C15H25N3O3. The van der Waals surface area contributed by atoms with Crippen LogP contribution in [0.5, 0.6) is 0 Å². The van der Waals surface area contributed by atoms with Crippen molar-refractivity contribution >= 4 is 11.8 Å². The number of β-lactam (4-membered cyclic amide) rings is 1. The predicted octanol–water partition coefficient (Wildman–Crippen LogP) is -0.383. The molecule has 3 rings (SSSR count). The molecule has 2 aliphatic heterocycles. The summed E-state index contributed by atoms with van der Waals surface area (Å²) in [5.41, 5.74) is -0.457. The summed E-state index contributed by atoms with van der Waals surface area (Å²) in [7, 11) is 0. The van der Waals surface area contributed by atoms with Crippen LogP contribution in [0.15, 0.2) is 0 Å². The van der Waals surface area contributed by atoms with Gasteiger partial charge in [-0.15, -0.1) is 0 Å². The van der Waals surface area contributed by atoms with Gasteiger partial charge in [0.2, 0.25) is 11.8 Å². The van der Waals surface area contributed by atoms with Crippen LogP contribution in [0.3, 0.4) is 0 Å². The number of amides is 2. The van der Waals surface area contributed by atoms with Crippen LogP contribution in [0.25, 0.3) is 0 Å². The number of nitrogens with zero attached hydrogens (tertiary/aromatic N) is 1. The van der Waals surface area contributed by atoms with Crippen molar-refractivity contribution in [1.29, 1.82) is 0 Å². The molecule has 1 unspecified atom stereocenters. The third kappa shape index (κ3) is 2.55. The summed E-state index contributed by atoms with van der Waals surface area (Å²) >= 11 is 0. The van der Waals surface area contributed by atoms with Crippen LogP contribution >= 0.6 is 0 Å². The second-order valence-corrected chi connectivity index (χ2v) is 6.77. The van der Waals surface area contributed by atoms with Gasteiger partial charge in [-0.2, -0.15) is 0 Å². The lowest BCUT2D eigenvalue weighted by molar-refractivity contribution is -0.164. The number of carbonyl (C=O) groups excluding carboxylic acids is 2. The van der Waals surface area contributed by atoms with Crippen LogP contribution in [0.1, 0.15) is 39.0 Å². The first-order valence-corrected chi connectivity index (χ1v) is 8.05. The predicted molar refractivity (Wildman–Crippen MR) is 77.5 cm³/mol. The third-order valence-electron chi connectivity index (χ3n) is 5.21. The van der Waals surface area contributed by atoms with E-state index in [1.807, 2.05) is 0 Å². The smallest absolute Gasteiger partial charge is 0.245 e. The fourth-order valence-corrected chi connectivity index (χ4v) is 3.63. The summed E-state index contributed by atoms with van der Waals surface area (Å²) in [6.45, 7) is 3.62. The van der Waals surface area contributed by atoms with E-state index >= 15 is 0 Å². The molecule has 2 amide bonds. The molecule has 1 saturated carbocycles. The zero-order chi connectivity index (χ0) is 15.0. The lowest BCUT2D eigenvalue weighted by Crippen LogP contribution is -2.76. The van der Waals surface area contributed by atoms with Crippen molar-refractivity contribution in [1.82, 2.24) is 15.5 Å². The van der Waals surface area contributed by atoms with E-state index in [1.54, 1.807) is 6.92 Å². The Morgan fingerprint density at radius 2 is 2.29 bits per heavy atom. The summed E-state index contributed by atoms with van der Waals surface area (Å²) in [5, 5.41) is 16.1. The molecule has 2 heterocycles. The van der Waals surface area contributed by atoms with Gasteiger partial charge in [0.25, 0.3) is 0 Å². The highest BCUT2D eigenvalue weighted by molar-refractivity contribution is 5.97. The molecule has 3 N–H and O–H groups in total. The maximum absolute atomic E-state index is 12.4. The topological polar surface area (TPSA) is 81.7 Å². The highest BCUT2D eigenvalue weighted by atomic mass is 16.3. The first-order valence-electron chi connectivity index (χ1n) is 8.05. The number of nitrogens with one attached hydrogen (secondary N) is 2. The van der Waals surface area contributed by atoms with Crippen LogP contribution in [-0.2, 0) is 9.59 Å². The first kappa shape index (κ1) is 14.8. The van der Waals surface area contributed by atoms with Crippen molar-refractivity contribution in [2.45, 2.75) is 56.7 Å². The van der Waals surface area contributed by atoms with Crippen molar-refractivity contribution in [3.8, 4) is 0 Å². The third-order valence-corrected chi connectivity index (χ3v) is 5.21. The summed E-state index contributed by atoms with van der Waals surface area (Å²) in [6.07, 6.45) is 4.53. The van der Waals surface area contributed by atoms with E-state index < -0.39 is 17.7 Å². The molecule has 0 radical (unpaired) electrons. The van der Waals surface area contributed by atoms with Gasteiger partial charge >= 0.3 is 0 Å². The second-order valence-electron chi connectivity index (χ2n) is 6.77. The highest BCUT2D eigenvalue weighted by Crippen LogP contribution is 2.33. The minimum atomic E-state index is -0.853. The first-order chi connectivity index (χ1) is 10.0. The van der Waals surface area contributed by atoms with Crippen LogP contribution in [0.2, 0.25) is 0 Å². The maximum atomic E-state index is 12.4. The summed E-state index contributed by atoms with van der Waals surface area (Å²) in [5.74, 6) is 0.307. The molecular weight excluding hydrogens is 270 g/mol. The van der Waals surface area contributed by atoms with E-state index in [0.29, 0.717) is 19.0 Å². The van der Waals surface area contributed by atoms with E-state index in [4.69, 9.17) is 0 Å². The van der Waals surface area contributed by atoms with Gasteiger partial charge in [-0.25, -0.2) is 0 Å². The molecule has 0 bridgehead atoms. The fourth-order valence-electron chi connectivity index (χ4n) is 3.63. The van der Waals surface area contributed by atoms with Crippen molar-refractivity contribution in [3.63, 3.8) is 0 Å². The maximum Gasteiger partial charge on any atom is 0.245 e. The normalized spacial score (nSPS) is 31.7. The van der Waals surface area contributed by atoms with Gasteiger partial charge in [0.1, 0.15) is 11.6 Å². The Morgan fingerprint density at radius 1 is 1.52 bits per heavy atom. The molecule has 0 aromatic heterocycles. The Labute approximate surface area is 125 Å². The molecule has 0 aromatic rings. The molecule has 21 heavy (non-hydrogen) atoms. The number of likely N-dealkylation sites (tertiary alicyclic amines) is 1. The van der Waals surface area contributed by atoms with Gasteiger partial charge in [0.05, 0.1) is 6.10 Å². The lowest BCUT2D eigenvalue weighted by Gasteiger charge is -2.50. The van der Waals surface area contributed by atoms with Gasteiger partial charge in [-0.05, 0) is 45.1 Å². The molecule has 118 valence electrons. The number of aliphatic hydroxyl groups excluding tert-OH is 1. The minimum Gasteiger partial charge on any atom is -0.391 e. The van der Waals surface area contributed by atoms with E-state index in [0.717, 1.165) is 32.2 Å². The SMILES string of the molecule is C[C@@H](O)[C@@H](C(=O)NCC1CCC1)N1CC2(CCCN2)C1=O. The molecule has 1 spiro atoms. The fraction of sp³-hybridized carbons (Fsp3) is 0.867. The molecule has 3 atom stereocenters. The van der Waals surface area contributed by atoms with Crippen molar-refractivity contribution in [2.75, 3.05) is 19.6 Å². The van der Waals surface area contributed by atoms with E-state index in [1.165, 1.54) is 11.3 Å². The Hall–Kier alpha value is -1.14. The van der Waals surface area contributed by atoms with Crippen LogP contribution in [0, 0.1) is 5.92 Å². The lowest BCUT2D eigenvalue weighted by atomic mass is 9.84. The van der Waals surface area contributed by atoms with Crippen molar-refractivity contribution in [2.24, 2.45) is 5.92 Å². The van der Waals surface area contributed by atoms with Gasteiger partial charge in [0, 0.05) is 13.1 Å². The average molecular weight is 295 g/mol. The molecule has 3 aliphatic rings. The van der Waals surface area contributed by atoms with Crippen LogP contribution in [-0.4, -0.2) is 59.1 Å². The monoisotopic (exact) mass is 295 g/mol. The van der Waals surface area contributed by atoms with Gasteiger partial charge in [-0.1, -0.05) is 6.42 Å². The number of rotatable bonds is 5. The second kappa shape index (κ2) is 5.57. The molecule has 6 nitrogen and oxygen atoms in total. The van der Waals surface area contributed by atoms with Crippen LogP contribution < -0.4 is 10.6 Å². The quantitative estimate of drug-likeness (QED) is 0.604. The summed E-state index contributed by atoms with van der Waals surface area (Å²) in [6, 6.07) is -0.759. The Balaban J connectivity index is 1.59. The Kier molecular flexibility index (Phi) is 3.92. The highest BCUT2D eigenvalue weighted by Gasteiger charge is 2.57.